The van der Waals surface area contributed by atoms with Crippen LogP contribution in [0, 0.1) is 13.8 Å². The van der Waals surface area contributed by atoms with E-state index in [1.165, 1.54) is 40.6 Å². The molecule has 6 heterocycles. The third-order valence-corrected chi connectivity index (χ3v) is 18.1. The lowest BCUT2D eigenvalue weighted by Gasteiger charge is -2.38. The van der Waals surface area contributed by atoms with Gasteiger partial charge >= 0.3 is 0 Å². The number of aryl methyl sites for hydroxylation is 2. The lowest BCUT2D eigenvalue weighted by molar-refractivity contribution is -0.0228. The number of anilines is 4. The van der Waals surface area contributed by atoms with Gasteiger partial charge in [-0.2, -0.15) is 4.31 Å². The molecular formula is C58H64F4N10O10S2. The lowest BCUT2D eigenvalue weighted by atomic mass is 10.0. The second-order valence-corrected chi connectivity index (χ2v) is 24.8. The highest BCUT2D eigenvalue weighted by Gasteiger charge is 2.43. The van der Waals surface area contributed by atoms with Gasteiger partial charge in [0, 0.05) is 124 Å². The number of hydrogen-bond acceptors (Lipinski definition) is 16. The van der Waals surface area contributed by atoms with Crippen LogP contribution in [0.1, 0.15) is 118 Å². The van der Waals surface area contributed by atoms with Crippen LogP contribution in [0.15, 0.2) is 95.2 Å². The summed E-state index contributed by atoms with van der Waals surface area (Å²) >= 11 is 0. The Morgan fingerprint density at radius 2 is 0.976 bits per heavy atom. The van der Waals surface area contributed by atoms with Gasteiger partial charge in [0.2, 0.25) is 0 Å². The molecule has 2 amide bonds. The van der Waals surface area contributed by atoms with Gasteiger partial charge in [-0.1, -0.05) is 12.1 Å². The molecule has 84 heavy (non-hydrogen) atoms. The molecule has 2 aliphatic carbocycles. The molecule has 6 aromatic rings. The largest absolute Gasteiger partial charge is 0.497 e. The van der Waals surface area contributed by atoms with Crippen molar-refractivity contribution in [3.05, 3.63) is 130 Å². The summed E-state index contributed by atoms with van der Waals surface area (Å²) in [5.41, 5.74) is 2.18. The van der Waals surface area contributed by atoms with Gasteiger partial charge in [-0.3, -0.25) is 9.59 Å². The average molecular weight is 1200 g/mol. The summed E-state index contributed by atoms with van der Waals surface area (Å²) in [5.74, 6) is -6.80. The van der Waals surface area contributed by atoms with E-state index in [2.05, 4.69) is 9.97 Å². The molecule has 26 heteroatoms. The number of piperidine rings is 2. The number of hydrazine groups is 1. The number of sulfonamides is 2. The summed E-state index contributed by atoms with van der Waals surface area (Å²) in [6.45, 7) is 1.91. The minimum Gasteiger partial charge on any atom is -0.497 e. The minimum atomic E-state index is -4.88. The second kappa shape index (κ2) is 23.4. The number of alkyl halides is 4. The molecular weight excluding hydrogens is 1140 g/mol. The lowest BCUT2D eigenvalue weighted by Crippen LogP contribution is -2.52. The molecule has 10 rings (SSSR count). The maximum absolute atomic E-state index is 16.6. The number of benzene rings is 2. The monoisotopic (exact) mass is 1200 g/mol. The number of carbonyl (C=O) groups excluding carboxylic acids is 2. The van der Waals surface area contributed by atoms with Gasteiger partial charge in [0.25, 0.3) is 43.7 Å². The quantitative estimate of drug-likeness (QED) is 0.0588. The number of ether oxygens (including phenoxy) is 4. The Morgan fingerprint density at radius 1 is 0.583 bits per heavy atom. The molecule has 2 saturated carbocycles. The first-order chi connectivity index (χ1) is 39.9. The summed E-state index contributed by atoms with van der Waals surface area (Å²) in [7, 11) is -3.78. The molecule has 4 aliphatic rings. The van der Waals surface area contributed by atoms with Crippen LogP contribution in [-0.2, 0) is 33.1 Å². The Labute approximate surface area is 484 Å². The first-order valence-corrected chi connectivity index (χ1v) is 30.3. The number of halogens is 4. The zero-order chi connectivity index (χ0) is 60.0. The molecule has 4 aromatic heterocycles. The number of primary sulfonamides is 1. The zero-order valence-electron chi connectivity index (χ0n) is 47.2. The Kier molecular flexibility index (Phi) is 16.6. The van der Waals surface area contributed by atoms with Crippen LogP contribution in [0.25, 0.3) is 0 Å². The van der Waals surface area contributed by atoms with Crippen molar-refractivity contribution in [1.29, 1.82) is 0 Å². The summed E-state index contributed by atoms with van der Waals surface area (Å²) in [6.07, 6.45) is 2.86. The third kappa shape index (κ3) is 12.6. The van der Waals surface area contributed by atoms with Crippen molar-refractivity contribution in [2.45, 2.75) is 112 Å². The maximum Gasteiger partial charge on any atom is 0.281 e. The van der Waals surface area contributed by atoms with Gasteiger partial charge in [-0.25, -0.2) is 69.5 Å². The van der Waals surface area contributed by atoms with Crippen molar-refractivity contribution in [3.63, 3.8) is 0 Å². The van der Waals surface area contributed by atoms with Crippen LogP contribution in [0.3, 0.4) is 0 Å². The van der Waals surface area contributed by atoms with Crippen LogP contribution in [0.2, 0.25) is 0 Å². The minimum absolute atomic E-state index is 0.00459. The van der Waals surface area contributed by atoms with Gasteiger partial charge in [0.05, 0.1) is 50.9 Å². The van der Waals surface area contributed by atoms with Gasteiger partial charge < -0.3 is 28.7 Å². The topological polar surface area (TPSA) is 233 Å². The standard InChI is InChI=1S/C58H64F4N10O10S2/c1-35-45(37-7-8-37)31-47(53(66-35)68-23-17-57(59,60)18-24-68)55(73)71(41-15-21-64-51(27-41)83(63,75)76)72(56(74)48-32-46(38-9-10-38)36(2)67-54(48)69-25-19-58(61,62)20-26-69)42-16-22-65-52(28-42)84(77,78)70(33-39-11-13-43(79-3)29-49(39)81-5)34-40-12-14-44(80-4)30-50(40)82-6/h11-16,21-22,27-32,37-38H,7-10,17-20,23-26,33-34H2,1-6H3,(H2,63,75,76). The number of nitrogens with zero attached hydrogens (tertiary/aromatic N) is 9. The number of hydrogen-bond donors (Lipinski definition) is 1. The smallest absolute Gasteiger partial charge is 0.281 e. The summed E-state index contributed by atoms with van der Waals surface area (Å²) in [6, 6.07) is 17.4. The van der Waals surface area contributed by atoms with Crippen molar-refractivity contribution in [2.24, 2.45) is 5.14 Å². The molecule has 446 valence electrons. The predicted molar refractivity (Wildman–Crippen MR) is 304 cm³/mol. The highest BCUT2D eigenvalue weighted by atomic mass is 32.2. The second-order valence-electron chi connectivity index (χ2n) is 21.4. The fourth-order valence-corrected chi connectivity index (χ4v) is 12.5. The van der Waals surface area contributed by atoms with E-state index in [0.717, 1.165) is 64.5 Å². The van der Waals surface area contributed by atoms with Gasteiger partial charge in [-0.05, 0) is 98.9 Å². The van der Waals surface area contributed by atoms with E-state index in [4.69, 9.17) is 34.1 Å². The van der Waals surface area contributed by atoms with Crippen molar-refractivity contribution in [3.8, 4) is 23.0 Å². The number of aromatic nitrogens is 4. The van der Waals surface area contributed by atoms with E-state index in [0.29, 0.717) is 45.1 Å². The van der Waals surface area contributed by atoms with E-state index in [1.54, 1.807) is 72.2 Å². The third-order valence-electron chi connectivity index (χ3n) is 15.6. The van der Waals surface area contributed by atoms with E-state index in [-0.39, 0.29) is 96.7 Å². The fourth-order valence-electron chi connectivity index (χ4n) is 10.7. The van der Waals surface area contributed by atoms with E-state index < -0.39 is 79.4 Å². The molecule has 4 fully saturated rings. The molecule has 2 aromatic carbocycles. The first-order valence-electron chi connectivity index (χ1n) is 27.3. The molecule has 2 saturated heterocycles. The van der Waals surface area contributed by atoms with Crippen LogP contribution in [0.5, 0.6) is 23.0 Å². The predicted octanol–water partition coefficient (Wildman–Crippen LogP) is 9.09. The summed E-state index contributed by atoms with van der Waals surface area (Å²) < 4.78 is 141. The van der Waals surface area contributed by atoms with E-state index >= 15 is 18.0 Å². The molecule has 0 unspecified atom stereocenters. The Hall–Kier alpha value is -7.68. The molecule has 20 nitrogen and oxygen atoms in total. The molecule has 2 N–H and O–H groups in total. The van der Waals surface area contributed by atoms with Crippen LogP contribution in [-0.4, -0.2) is 119 Å². The van der Waals surface area contributed by atoms with Crippen molar-refractivity contribution in [2.75, 3.05) is 74.4 Å². The number of amides is 2. The van der Waals surface area contributed by atoms with Gasteiger partial charge in [0.1, 0.15) is 34.6 Å². The van der Waals surface area contributed by atoms with Crippen LogP contribution < -0.4 is 43.9 Å². The number of nitrogens with two attached hydrogens (primary N) is 1. The summed E-state index contributed by atoms with van der Waals surface area (Å²) in [5, 5.41) is 6.01. The average Bonchev–Trinajstić information content (AvgIpc) is 3.80. The zero-order valence-corrected chi connectivity index (χ0v) is 48.8. The molecule has 0 spiro atoms. The maximum atomic E-state index is 16.6. The molecule has 2 aliphatic heterocycles. The van der Waals surface area contributed by atoms with Crippen molar-refractivity contribution >= 4 is 54.9 Å². The molecule has 0 bridgehead atoms. The Balaban J connectivity index is 1.22. The van der Waals surface area contributed by atoms with E-state index in [1.807, 2.05) is 0 Å². The van der Waals surface area contributed by atoms with Crippen molar-refractivity contribution in [1.82, 2.24) is 24.2 Å². The number of rotatable bonds is 19. The molecule has 0 atom stereocenters. The number of pyridine rings is 4. The Bertz CT molecular complexity index is 3680. The highest BCUT2D eigenvalue weighted by molar-refractivity contribution is 7.89. The number of carbonyl (C=O) groups is 2. The number of methoxy groups -OCH3 is 4. The van der Waals surface area contributed by atoms with Crippen LogP contribution >= 0.6 is 0 Å². The Morgan fingerprint density at radius 3 is 1.35 bits per heavy atom. The van der Waals surface area contributed by atoms with Crippen molar-refractivity contribution < 1.29 is 62.9 Å². The van der Waals surface area contributed by atoms with Gasteiger partial charge in [-0.15, -0.1) is 0 Å². The highest BCUT2D eigenvalue weighted by Crippen LogP contribution is 2.46. The molecule has 0 radical (unpaired) electrons. The SMILES string of the molecule is COc1ccc(CN(Cc2ccc(OC)cc2OC)S(=O)(=O)c2cc(N(C(=O)c3cc(C4CC4)c(C)nc3N3CCC(F)(F)CC3)N(C(=O)c3cc(C4CC4)c(C)nc3N3CCC(F)(F)CC3)c3ccnc(S(N)(=O)=O)c3)ccn2)c(OC)c1. The van der Waals surface area contributed by atoms with E-state index in [9.17, 15) is 26.0 Å². The van der Waals surface area contributed by atoms with Gasteiger partial charge in [0.15, 0.2) is 10.1 Å². The summed E-state index contributed by atoms with van der Waals surface area (Å²) in [4.78, 5) is 54.4. The fraction of sp³-hybridized carbons (Fsp3) is 0.414. The normalized spacial score (nSPS) is 17.0. The first kappa shape index (κ1) is 59.5. The van der Waals surface area contributed by atoms with Crippen LogP contribution in [0.4, 0.5) is 40.6 Å².